The summed E-state index contributed by atoms with van der Waals surface area (Å²) in [5.74, 6) is 0.407. The smallest absolute Gasteiger partial charge is 0.101 e. The van der Waals surface area contributed by atoms with Crippen molar-refractivity contribution >= 4 is 23.2 Å². The molecule has 0 N–H and O–H groups in total. The van der Waals surface area contributed by atoms with Crippen molar-refractivity contribution in [1.82, 2.24) is 15.0 Å². The maximum Gasteiger partial charge on any atom is 0.101 e. The van der Waals surface area contributed by atoms with Crippen LogP contribution in [0.15, 0.2) is 24.3 Å². The molecule has 1 heterocycles. The van der Waals surface area contributed by atoms with Gasteiger partial charge in [0.2, 0.25) is 0 Å². The van der Waals surface area contributed by atoms with Crippen LogP contribution < -0.4 is 0 Å². The van der Waals surface area contributed by atoms with Gasteiger partial charge < -0.3 is 0 Å². The number of benzene rings is 1. The van der Waals surface area contributed by atoms with E-state index in [-0.39, 0.29) is 0 Å². The summed E-state index contributed by atoms with van der Waals surface area (Å²) in [6, 6.07) is 7.73. The molecule has 0 aliphatic rings. The highest BCUT2D eigenvalue weighted by atomic mass is 35.5. The summed E-state index contributed by atoms with van der Waals surface area (Å²) in [4.78, 5) is 0. The third-order valence-electron chi connectivity index (χ3n) is 2.63. The van der Waals surface area contributed by atoms with Crippen LogP contribution in [0.3, 0.4) is 0 Å². The van der Waals surface area contributed by atoms with Crippen LogP contribution in [0.25, 0.3) is 0 Å². The molecule has 0 saturated heterocycles. The van der Waals surface area contributed by atoms with Gasteiger partial charge in [-0.15, -0.1) is 16.7 Å². The summed E-state index contributed by atoms with van der Waals surface area (Å²) in [6.07, 6.45) is 0.878. The van der Waals surface area contributed by atoms with Gasteiger partial charge in [-0.25, -0.2) is 4.68 Å². The van der Waals surface area contributed by atoms with Crippen molar-refractivity contribution in [1.29, 1.82) is 0 Å². The number of hydrogen-bond acceptors (Lipinski definition) is 2. The van der Waals surface area contributed by atoms with E-state index in [1.807, 2.05) is 28.9 Å². The van der Waals surface area contributed by atoms with E-state index in [4.69, 9.17) is 23.2 Å². The van der Waals surface area contributed by atoms with Crippen LogP contribution in [-0.2, 0) is 18.8 Å². The summed E-state index contributed by atoms with van der Waals surface area (Å²) in [7, 11) is 0. The molecule has 0 amide bonds. The first-order valence-electron chi connectivity index (χ1n) is 5.46. The van der Waals surface area contributed by atoms with E-state index in [9.17, 15) is 0 Å². The summed E-state index contributed by atoms with van der Waals surface area (Å²) < 4.78 is 1.89. The van der Waals surface area contributed by atoms with E-state index in [1.165, 1.54) is 0 Å². The maximum absolute atomic E-state index is 5.85. The maximum atomic E-state index is 5.85. The standard InChI is InChI=1S/C12H13Cl2N3/c1-2-12-11(7-13)15-16-17(12)8-9-3-5-10(14)6-4-9/h3-6H,2,7-8H2,1H3. The summed E-state index contributed by atoms with van der Waals surface area (Å²) in [5, 5.41) is 8.94. The quantitative estimate of drug-likeness (QED) is 0.798. The van der Waals surface area contributed by atoms with Crippen molar-refractivity contribution in [2.24, 2.45) is 0 Å². The molecule has 0 spiro atoms. The fourth-order valence-corrected chi connectivity index (χ4v) is 2.08. The normalized spacial score (nSPS) is 10.8. The highest BCUT2D eigenvalue weighted by molar-refractivity contribution is 6.30. The molecular formula is C12H13Cl2N3. The molecule has 2 rings (SSSR count). The number of halogens is 2. The molecule has 3 nitrogen and oxygen atoms in total. The van der Waals surface area contributed by atoms with Gasteiger partial charge in [-0.2, -0.15) is 0 Å². The van der Waals surface area contributed by atoms with E-state index in [1.54, 1.807) is 0 Å². The molecule has 0 radical (unpaired) electrons. The Morgan fingerprint density at radius 3 is 2.53 bits per heavy atom. The van der Waals surface area contributed by atoms with Gasteiger partial charge in [0, 0.05) is 5.02 Å². The predicted octanol–water partition coefficient (Wildman–Crippen LogP) is 3.28. The first-order chi connectivity index (χ1) is 8.24. The van der Waals surface area contributed by atoms with Crippen molar-refractivity contribution in [3.05, 3.63) is 46.2 Å². The number of rotatable bonds is 4. The van der Waals surface area contributed by atoms with Gasteiger partial charge in [-0.1, -0.05) is 35.9 Å². The van der Waals surface area contributed by atoms with E-state index >= 15 is 0 Å². The Morgan fingerprint density at radius 1 is 1.24 bits per heavy atom. The molecule has 0 unspecified atom stereocenters. The second-order valence-corrected chi connectivity index (χ2v) is 4.46. The van der Waals surface area contributed by atoms with Crippen molar-refractivity contribution < 1.29 is 0 Å². The fourth-order valence-electron chi connectivity index (χ4n) is 1.75. The van der Waals surface area contributed by atoms with Crippen LogP contribution in [0.5, 0.6) is 0 Å². The largest absolute Gasteiger partial charge is 0.245 e. The third kappa shape index (κ3) is 2.79. The van der Waals surface area contributed by atoms with Crippen molar-refractivity contribution in [2.75, 3.05) is 0 Å². The molecule has 0 aliphatic carbocycles. The molecule has 0 atom stereocenters. The van der Waals surface area contributed by atoms with E-state index in [0.29, 0.717) is 12.4 Å². The summed E-state index contributed by atoms with van der Waals surface area (Å²) >= 11 is 11.7. The van der Waals surface area contributed by atoms with Crippen LogP contribution in [0.4, 0.5) is 0 Å². The van der Waals surface area contributed by atoms with E-state index in [2.05, 4.69) is 17.2 Å². The SMILES string of the molecule is CCc1c(CCl)nnn1Cc1ccc(Cl)cc1. The molecule has 0 aliphatic heterocycles. The van der Waals surface area contributed by atoms with Gasteiger partial charge in [-0.3, -0.25) is 0 Å². The van der Waals surface area contributed by atoms with E-state index in [0.717, 1.165) is 28.4 Å². The minimum atomic E-state index is 0.407. The second-order valence-electron chi connectivity index (χ2n) is 3.75. The molecular weight excluding hydrogens is 257 g/mol. The molecule has 2 aromatic rings. The fraction of sp³-hybridized carbons (Fsp3) is 0.333. The average molecular weight is 270 g/mol. The van der Waals surface area contributed by atoms with Gasteiger partial charge in [0.1, 0.15) is 5.69 Å². The van der Waals surface area contributed by atoms with Gasteiger partial charge >= 0.3 is 0 Å². The van der Waals surface area contributed by atoms with E-state index < -0.39 is 0 Å². The Balaban J connectivity index is 2.23. The van der Waals surface area contributed by atoms with Crippen LogP contribution >= 0.6 is 23.2 Å². The third-order valence-corrected chi connectivity index (χ3v) is 3.13. The highest BCUT2D eigenvalue weighted by Gasteiger charge is 2.10. The van der Waals surface area contributed by atoms with Gasteiger partial charge in [0.05, 0.1) is 18.1 Å². The van der Waals surface area contributed by atoms with Crippen molar-refractivity contribution in [2.45, 2.75) is 25.8 Å². The Kier molecular flexibility index (Phi) is 4.02. The second kappa shape index (κ2) is 5.52. The topological polar surface area (TPSA) is 30.7 Å². The average Bonchev–Trinajstić information content (AvgIpc) is 2.74. The zero-order chi connectivity index (χ0) is 12.3. The van der Waals surface area contributed by atoms with Crippen LogP contribution in [0.2, 0.25) is 5.02 Å². The van der Waals surface area contributed by atoms with Crippen LogP contribution in [0, 0.1) is 0 Å². The molecule has 0 saturated carbocycles. The lowest BCUT2D eigenvalue weighted by atomic mass is 10.2. The molecule has 0 fully saturated rings. The molecule has 1 aromatic carbocycles. The Hall–Kier alpha value is -1.06. The van der Waals surface area contributed by atoms with Crippen molar-refractivity contribution in [3.8, 4) is 0 Å². The molecule has 17 heavy (non-hydrogen) atoms. The summed E-state index contributed by atoms with van der Waals surface area (Å²) in [5.41, 5.74) is 3.10. The molecule has 0 bridgehead atoms. The van der Waals surface area contributed by atoms with Crippen LogP contribution in [-0.4, -0.2) is 15.0 Å². The Bertz CT molecular complexity index is 491. The monoisotopic (exact) mass is 269 g/mol. The predicted molar refractivity (Wildman–Crippen MR) is 69.5 cm³/mol. The Morgan fingerprint density at radius 2 is 1.94 bits per heavy atom. The molecule has 1 aromatic heterocycles. The lowest BCUT2D eigenvalue weighted by molar-refractivity contribution is 0.622. The first kappa shape index (κ1) is 12.4. The number of nitrogens with zero attached hydrogens (tertiary/aromatic N) is 3. The summed E-state index contributed by atoms with van der Waals surface area (Å²) in [6.45, 7) is 2.78. The number of hydrogen-bond donors (Lipinski definition) is 0. The number of alkyl halides is 1. The zero-order valence-electron chi connectivity index (χ0n) is 9.53. The zero-order valence-corrected chi connectivity index (χ0v) is 11.0. The van der Waals surface area contributed by atoms with Gasteiger partial charge in [-0.05, 0) is 24.1 Å². The van der Waals surface area contributed by atoms with Gasteiger partial charge in [0.25, 0.3) is 0 Å². The lowest BCUT2D eigenvalue weighted by Gasteiger charge is -2.05. The van der Waals surface area contributed by atoms with Crippen molar-refractivity contribution in [3.63, 3.8) is 0 Å². The Labute approximate surface area is 110 Å². The minimum absolute atomic E-state index is 0.407. The molecule has 5 heteroatoms. The van der Waals surface area contributed by atoms with Gasteiger partial charge in [0.15, 0.2) is 0 Å². The first-order valence-corrected chi connectivity index (χ1v) is 6.37. The number of aromatic nitrogens is 3. The minimum Gasteiger partial charge on any atom is -0.245 e. The molecule has 90 valence electrons. The highest BCUT2D eigenvalue weighted by Crippen LogP contribution is 2.14. The lowest BCUT2D eigenvalue weighted by Crippen LogP contribution is -2.06. The van der Waals surface area contributed by atoms with Crippen LogP contribution in [0.1, 0.15) is 23.9 Å².